The van der Waals surface area contributed by atoms with Crippen molar-refractivity contribution in [2.45, 2.75) is 23.5 Å². The lowest BCUT2D eigenvalue weighted by Crippen LogP contribution is -1.94. The van der Waals surface area contributed by atoms with Gasteiger partial charge in [0.1, 0.15) is 0 Å². The third-order valence-electron chi connectivity index (χ3n) is 1.97. The van der Waals surface area contributed by atoms with Gasteiger partial charge in [-0.1, -0.05) is 29.8 Å². The van der Waals surface area contributed by atoms with Crippen LogP contribution >= 0.6 is 11.8 Å². The van der Waals surface area contributed by atoms with Crippen molar-refractivity contribution in [3.8, 4) is 0 Å². The van der Waals surface area contributed by atoms with Crippen molar-refractivity contribution in [1.82, 2.24) is 0 Å². The summed E-state index contributed by atoms with van der Waals surface area (Å²) in [6.45, 7) is 9.67. The molecular formula is C13H16S. The molecule has 74 valence electrons. The molecule has 14 heavy (non-hydrogen) atoms. The summed E-state index contributed by atoms with van der Waals surface area (Å²) in [7, 11) is 0. The SMILES string of the molecule is C=CCC(C=C)Sc1ccc(C)cc1. The van der Waals surface area contributed by atoms with Crippen molar-refractivity contribution in [3.63, 3.8) is 0 Å². The Morgan fingerprint density at radius 3 is 2.43 bits per heavy atom. The molecule has 1 unspecified atom stereocenters. The van der Waals surface area contributed by atoms with Crippen LogP contribution in [0.2, 0.25) is 0 Å². The molecule has 0 nitrogen and oxygen atoms in total. The summed E-state index contributed by atoms with van der Waals surface area (Å²) in [5.41, 5.74) is 1.30. The summed E-state index contributed by atoms with van der Waals surface area (Å²) in [5.74, 6) is 0. The van der Waals surface area contributed by atoms with Crippen LogP contribution in [-0.2, 0) is 0 Å². The molecule has 1 atom stereocenters. The third kappa shape index (κ3) is 3.43. The van der Waals surface area contributed by atoms with Gasteiger partial charge in [-0.05, 0) is 25.5 Å². The third-order valence-corrected chi connectivity index (χ3v) is 3.20. The van der Waals surface area contributed by atoms with Gasteiger partial charge in [-0.3, -0.25) is 0 Å². The molecule has 1 aromatic rings. The molecule has 0 radical (unpaired) electrons. The number of hydrogen-bond donors (Lipinski definition) is 0. The Labute approximate surface area is 90.7 Å². The van der Waals surface area contributed by atoms with Gasteiger partial charge in [0.25, 0.3) is 0 Å². The summed E-state index contributed by atoms with van der Waals surface area (Å²) in [4.78, 5) is 1.29. The first-order valence-electron chi connectivity index (χ1n) is 4.73. The summed E-state index contributed by atoms with van der Waals surface area (Å²) >= 11 is 1.83. The standard InChI is InChI=1S/C13H16S/c1-4-6-12(5-2)14-13-9-7-11(3)8-10-13/h4-5,7-10,12H,1-2,6H2,3H3. The molecule has 1 heteroatoms. The second-order valence-electron chi connectivity index (χ2n) is 3.23. The summed E-state index contributed by atoms with van der Waals surface area (Å²) in [5, 5.41) is 0.440. The Hall–Kier alpha value is -0.950. The van der Waals surface area contributed by atoms with Crippen molar-refractivity contribution < 1.29 is 0 Å². The fraction of sp³-hybridized carbons (Fsp3) is 0.231. The number of rotatable bonds is 5. The molecule has 0 spiro atoms. The monoisotopic (exact) mass is 204 g/mol. The topological polar surface area (TPSA) is 0 Å². The maximum atomic E-state index is 3.82. The van der Waals surface area contributed by atoms with Crippen LogP contribution in [-0.4, -0.2) is 5.25 Å². The molecule has 0 aliphatic heterocycles. The van der Waals surface area contributed by atoms with E-state index in [1.807, 2.05) is 23.9 Å². The molecule has 0 aliphatic rings. The number of thioether (sulfide) groups is 1. The normalized spacial score (nSPS) is 12.1. The van der Waals surface area contributed by atoms with Crippen molar-refractivity contribution in [1.29, 1.82) is 0 Å². The molecule has 0 N–H and O–H groups in total. The summed E-state index contributed by atoms with van der Waals surface area (Å²) in [6.07, 6.45) is 4.89. The van der Waals surface area contributed by atoms with Crippen LogP contribution in [0.25, 0.3) is 0 Å². The number of aryl methyl sites for hydroxylation is 1. The van der Waals surface area contributed by atoms with E-state index in [9.17, 15) is 0 Å². The smallest absolute Gasteiger partial charge is 0.0306 e. The first-order valence-corrected chi connectivity index (χ1v) is 5.61. The quantitative estimate of drug-likeness (QED) is 0.511. The lowest BCUT2D eigenvalue weighted by atomic mass is 10.2. The van der Waals surface area contributed by atoms with E-state index in [0.717, 1.165) is 6.42 Å². The molecule has 0 heterocycles. The molecule has 0 amide bonds. The number of hydrogen-bond acceptors (Lipinski definition) is 1. The summed E-state index contributed by atoms with van der Waals surface area (Å²) < 4.78 is 0. The lowest BCUT2D eigenvalue weighted by Gasteiger charge is -2.09. The van der Waals surface area contributed by atoms with Gasteiger partial charge >= 0.3 is 0 Å². The van der Waals surface area contributed by atoms with Gasteiger partial charge in [-0.25, -0.2) is 0 Å². The van der Waals surface area contributed by atoms with E-state index >= 15 is 0 Å². The van der Waals surface area contributed by atoms with E-state index in [1.165, 1.54) is 10.5 Å². The Bertz CT molecular complexity index is 298. The Kier molecular flexibility index (Phi) is 4.54. The molecular weight excluding hydrogens is 188 g/mol. The minimum Gasteiger partial charge on any atom is -0.118 e. The van der Waals surface area contributed by atoms with Crippen LogP contribution in [0.3, 0.4) is 0 Å². The zero-order chi connectivity index (χ0) is 10.4. The Morgan fingerprint density at radius 1 is 1.29 bits per heavy atom. The largest absolute Gasteiger partial charge is 0.118 e. The second kappa shape index (κ2) is 5.71. The minimum absolute atomic E-state index is 0.440. The predicted octanol–water partition coefficient (Wildman–Crippen LogP) is 4.22. The molecule has 0 aromatic heterocycles. The zero-order valence-electron chi connectivity index (χ0n) is 8.57. The zero-order valence-corrected chi connectivity index (χ0v) is 9.39. The van der Waals surface area contributed by atoms with Gasteiger partial charge in [0, 0.05) is 10.1 Å². The lowest BCUT2D eigenvalue weighted by molar-refractivity contribution is 1.08. The molecule has 0 aliphatic carbocycles. The van der Waals surface area contributed by atoms with E-state index in [2.05, 4.69) is 44.3 Å². The maximum absolute atomic E-state index is 3.82. The van der Waals surface area contributed by atoms with Crippen LogP contribution in [0, 0.1) is 6.92 Å². The highest BCUT2D eigenvalue weighted by Crippen LogP contribution is 2.26. The van der Waals surface area contributed by atoms with Gasteiger partial charge in [-0.15, -0.1) is 24.9 Å². The second-order valence-corrected chi connectivity index (χ2v) is 4.54. The highest BCUT2D eigenvalue weighted by Gasteiger charge is 2.03. The van der Waals surface area contributed by atoms with Crippen molar-refractivity contribution in [2.24, 2.45) is 0 Å². The maximum Gasteiger partial charge on any atom is 0.0306 e. The van der Waals surface area contributed by atoms with Crippen LogP contribution in [0.15, 0.2) is 54.5 Å². The molecule has 0 saturated heterocycles. The molecule has 0 bridgehead atoms. The highest BCUT2D eigenvalue weighted by molar-refractivity contribution is 8.00. The molecule has 1 aromatic carbocycles. The van der Waals surface area contributed by atoms with Crippen LogP contribution in [0.4, 0.5) is 0 Å². The van der Waals surface area contributed by atoms with E-state index < -0.39 is 0 Å². The van der Waals surface area contributed by atoms with E-state index in [1.54, 1.807) is 0 Å². The van der Waals surface area contributed by atoms with Crippen molar-refractivity contribution in [3.05, 3.63) is 55.1 Å². The first kappa shape index (κ1) is 11.1. The first-order chi connectivity index (χ1) is 6.76. The Balaban J connectivity index is 2.62. The fourth-order valence-electron chi connectivity index (χ4n) is 1.15. The highest BCUT2D eigenvalue weighted by atomic mass is 32.2. The molecule has 1 rings (SSSR count). The van der Waals surface area contributed by atoms with Gasteiger partial charge in [0.2, 0.25) is 0 Å². The average Bonchev–Trinajstić information content (AvgIpc) is 2.20. The predicted molar refractivity (Wildman–Crippen MR) is 65.8 cm³/mol. The average molecular weight is 204 g/mol. The molecule has 0 saturated carbocycles. The number of allylic oxidation sites excluding steroid dienone is 1. The number of benzene rings is 1. The van der Waals surface area contributed by atoms with Crippen molar-refractivity contribution in [2.75, 3.05) is 0 Å². The van der Waals surface area contributed by atoms with E-state index in [0.29, 0.717) is 5.25 Å². The van der Waals surface area contributed by atoms with Crippen LogP contribution in [0.5, 0.6) is 0 Å². The van der Waals surface area contributed by atoms with Crippen LogP contribution < -0.4 is 0 Å². The van der Waals surface area contributed by atoms with Crippen molar-refractivity contribution >= 4 is 11.8 Å². The van der Waals surface area contributed by atoms with E-state index in [-0.39, 0.29) is 0 Å². The summed E-state index contributed by atoms with van der Waals surface area (Å²) in [6, 6.07) is 8.58. The van der Waals surface area contributed by atoms with E-state index in [4.69, 9.17) is 0 Å². The van der Waals surface area contributed by atoms with Gasteiger partial charge in [0.05, 0.1) is 0 Å². The molecule has 0 fully saturated rings. The van der Waals surface area contributed by atoms with Gasteiger partial charge in [0.15, 0.2) is 0 Å². The van der Waals surface area contributed by atoms with Crippen LogP contribution in [0.1, 0.15) is 12.0 Å². The minimum atomic E-state index is 0.440. The Morgan fingerprint density at radius 2 is 1.93 bits per heavy atom. The van der Waals surface area contributed by atoms with Gasteiger partial charge < -0.3 is 0 Å². The fourth-order valence-corrected chi connectivity index (χ4v) is 2.12. The van der Waals surface area contributed by atoms with Gasteiger partial charge in [-0.2, -0.15) is 0 Å².